The van der Waals surface area contributed by atoms with E-state index in [0.29, 0.717) is 38.6 Å². The second-order valence-corrected chi connectivity index (χ2v) is 16.1. The Bertz CT molecular complexity index is 1710. The van der Waals surface area contributed by atoms with Crippen molar-refractivity contribution in [3.63, 3.8) is 0 Å². The molecule has 4 amide bonds. The van der Waals surface area contributed by atoms with E-state index >= 15 is 0 Å². The number of hydrogen-bond acceptors (Lipinski definition) is 10. The molecule has 0 aromatic heterocycles. The zero-order valence-electron chi connectivity index (χ0n) is 28.3. The number of nitrogens with zero attached hydrogens (tertiary/aromatic N) is 1. The number of amides is 4. The van der Waals surface area contributed by atoms with Crippen molar-refractivity contribution in [3.8, 4) is 0 Å². The summed E-state index contributed by atoms with van der Waals surface area (Å²) < 4.78 is 38.7. The summed E-state index contributed by atoms with van der Waals surface area (Å²) in [6, 6.07) is 2.99. The van der Waals surface area contributed by atoms with Crippen molar-refractivity contribution in [1.29, 1.82) is 0 Å². The first-order chi connectivity index (χ1) is 23.8. The van der Waals surface area contributed by atoms with E-state index in [2.05, 4.69) is 27.3 Å². The van der Waals surface area contributed by atoms with Crippen molar-refractivity contribution in [1.82, 2.24) is 25.6 Å². The summed E-state index contributed by atoms with van der Waals surface area (Å²) in [4.78, 5) is 69.1. The zero-order valence-corrected chi connectivity index (χ0v) is 29.1. The van der Waals surface area contributed by atoms with Gasteiger partial charge in [0, 0.05) is 18.9 Å². The molecule has 6 bridgehead atoms. The summed E-state index contributed by atoms with van der Waals surface area (Å²) >= 11 is 0. The van der Waals surface area contributed by atoms with Gasteiger partial charge in [-0.05, 0) is 61.1 Å². The third-order valence-corrected chi connectivity index (χ3v) is 12.0. The first-order valence-corrected chi connectivity index (χ1v) is 18.8. The number of ether oxygens (including phenoxy) is 2. The Labute approximate surface area is 291 Å². The van der Waals surface area contributed by atoms with Gasteiger partial charge in [0.25, 0.3) is 5.91 Å². The zero-order chi connectivity index (χ0) is 35.8. The average Bonchev–Trinajstić information content (AvgIpc) is 4.01. The van der Waals surface area contributed by atoms with Crippen LogP contribution in [-0.2, 0) is 51.6 Å². The molecule has 1 unspecified atom stereocenters. The molecule has 1 aromatic rings. The Kier molecular flexibility index (Phi) is 10.1. The monoisotopic (exact) mass is 711 g/mol. The third kappa shape index (κ3) is 7.43. The van der Waals surface area contributed by atoms with Crippen LogP contribution in [0.1, 0.15) is 69.1 Å². The standard InChI is InChI=1S/C35H45N5O9S/c1-4-23-17-35(23,33(44)39-50(46,47)25-12-13-25)38-30(41)28-16-24-19-40(28)31(42)29(20(2)3)37-34(45)48-14-7-5-6-9-21-10-8-11-22-15-27(32(43)49-24)36-18-26(21)22/h4,6,8-11,20,23-25,27-29,36H,1,5,7,12-19H2,2-3H3,(H,37,45)(H,38,41)(H,39,44)/b9-6+/t23-,24+,27?,28-,29-,35+/m0/s1. The molecule has 50 heavy (non-hydrogen) atoms. The van der Waals surface area contributed by atoms with Crippen LogP contribution in [0.4, 0.5) is 4.79 Å². The van der Waals surface area contributed by atoms with E-state index in [1.807, 2.05) is 30.4 Å². The number of alkyl carbamates (subject to hydrolysis) is 1. The quantitative estimate of drug-likeness (QED) is 0.238. The summed E-state index contributed by atoms with van der Waals surface area (Å²) in [6.45, 7) is 7.65. The van der Waals surface area contributed by atoms with Gasteiger partial charge in [-0.3, -0.25) is 29.2 Å². The molecule has 3 fully saturated rings. The fraction of sp³-hybridized carbons (Fsp3) is 0.571. The van der Waals surface area contributed by atoms with Crippen LogP contribution in [0.15, 0.2) is 36.9 Å². The number of carbonyl (C=O) groups is 5. The van der Waals surface area contributed by atoms with Crippen LogP contribution in [0.2, 0.25) is 0 Å². The lowest BCUT2D eigenvalue weighted by molar-refractivity contribution is -0.152. The van der Waals surface area contributed by atoms with Gasteiger partial charge in [0.2, 0.25) is 21.8 Å². The van der Waals surface area contributed by atoms with Gasteiger partial charge in [-0.2, -0.15) is 0 Å². The highest BCUT2D eigenvalue weighted by Gasteiger charge is 2.62. The van der Waals surface area contributed by atoms with Gasteiger partial charge in [-0.1, -0.05) is 50.3 Å². The van der Waals surface area contributed by atoms with Gasteiger partial charge < -0.3 is 25.0 Å². The highest BCUT2D eigenvalue weighted by Crippen LogP contribution is 2.45. The first kappa shape index (κ1) is 35.6. The van der Waals surface area contributed by atoms with Crippen LogP contribution in [0.5, 0.6) is 0 Å². The number of rotatable bonds is 7. The van der Waals surface area contributed by atoms with E-state index in [0.717, 1.165) is 16.7 Å². The predicted molar refractivity (Wildman–Crippen MR) is 181 cm³/mol. The van der Waals surface area contributed by atoms with Crippen molar-refractivity contribution in [2.24, 2.45) is 11.8 Å². The van der Waals surface area contributed by atoms with Crippen molar-refractivity contribution in [2.45, 2.75) is 100 Å². The minimum absolute atomic E-state index is 0.0757. The smallest absolute Gasteiger partial charge is 0.407 e. The second kappa shape index (κ2) is 14.2. The van der Waals surface area contributed by atoms with Gasteiger partial charge in [-0.15, -0.1) is 6.58 Å². The molecule has 6 atom stereocenters. The third-order valence-electron chi connectivity index (χ3n) is 10.2. The number of nitrogens with one attached hydrogen (secondary N) is 4. The van der Waals surface area contributed by atoms with E-state index in [-0.39, 0.29) is 26.0 Å². The average molecular weight is 712 g/mol. The van der Waals surface area contributed by atoms with Crippen LogP contribution < -0.4 is 20.7 Å². The Hall–Kier alpha value is -4.24. The van der Waals surface area contributed by atoms with E-state index in [1.165, 1.54) is 11.0 Å². The highest BCUT2D eigenvalue weighted by molar-refractivity contribution is 7.91. The largest absolute Gasteiger partial charge is 0.459 e. The lowest BCUT2D eigenvalue weighted by atomic mass is 9.92. The number of sulfonamides is 1. The first-order valence-electron chi connectivity index (χ1n) is 17.3. The SMILES string of the molecule is C=C[C@H]1C[C@]1(NC(=O)[C@@H]1C[C@@H]2CN1C(=O)[C@H](C(C)C)NC(=O)OCCC/C=C/c1cccc3c1CNC(C3)C(=O)O2)C(=O)NS(=O)(=O)C1CC1. The summed E-state index contributed by atoms with van der Waals surface area (Å²) in [5.74, 6) is -3.64. The van der Waals surface area contributed by atoms with Crippen LogP contribution in [0.25, 0.3) is 6.08 Å². The van der Waals surface area contributed by atoms with E-state index in [4.69, 9.17) is 9.47 Å². The van der Waals surface area contributed by atoms with Gasteiger partial charge in [0.1, 0.15) is 29.8 Å². The molecule has 2 saturated carbocycles. The van der Waals surface area contributed by atoms with Gasteiger partial charge >= 0.3 is 12.1 Å². The predicted octanol–water partition coefficient (Wildman–Crippen LogP) is 1.44. The van der Waals surface area contributed by atoms with E-state index in [1.54, 1.807) is 13.8 Å². The van der Waals surface area contributed by atoms with Crippen molar-refractivity contribution in [2.75, 3.05) is 13.2 Å². The molecule has 0 spiro atoms. The molecule has 7 rings (SSSR count). The van der Waals surface area contributed by atoms with Crippen LogP contribution >= 0.6 is 0 Å². The maximum Gasteiger partial charge on any atom is 0.407 e. The molecule has 6 aliphatic rings. The summed E-state index contributed by atoms with van der Waals surface area (Å²) in [5, 5.41) is 7.99. The summed E-state index contributed by atoms with van der Waals surface area (Å²) in [5.41, 5.74) is 1.55. The number of allylic oxidation sites excluding steroid dienone is 1. The minimum atomic E-state index is -3.90. The van der Waals surface area contributed by atoms with Gasteiger partial charge in [0.05, 0.1) is 18.4 Å². The van der Waals surface area contributed by atoms with Crippen molar-refractivity contribution in [3.05, 3.63) is 53.6 Å². The molecule has 4 N–H and O–H groups in total. The maximum atomic E-state index is 14.1. The maximum absolute atomic E-state index is 14.1. The number of carbonyl (C=O) groups excluding carboxylic acids is 5. The number of esters is 1. The van der Waals surface area contributed by atoms with Crippen LogP contribution in [0.3, 0.4) is 0 Å². The summed E-state index contributed by atoms with van der Waals surface area (Å²) in [6.07, 6.45) is 6.40. The molecule has 4 heterocycles. The van der Waals surface area contributed by atoms with Crippen molar-refractivity contribution < 1.29 is 41.9 Å². The number of fused-ring (bicyclic) bond motifs is 10. The molecule has 1 saturated heterocycles. The molecule has 0 radical (unpaired) electrons. The Balaban J connectivity index is 1.26. The molecule has 270 valence electrons. The molecule has 4 aliphatic heterocycles. The lowest BCUT2D eigenvalue weighted by Gasteiger charge is -2.31. The van der Waals surface area contributed by atoms with E-state index in [9.17, 15) is 32.4 Å². The molecular weight excluding hydrogens is 666 g/mol. The normalized spacial score (nSPS) is 30.8. The highest BCUT2D eigenvalue weighted by atomic mass is 32.2. The molecule has 15 heteroatoms. The minimum Gasteiger partial charge on any atom is -0.459 e. The molecule has 2 aliphatic carbocycles. The molecule has 14 nitrogen and oxygen atoms in total. The lowest BCUT2D eigenvalue weighted by Crippen LogP contribution is -2.59. The molecule has 1 aromatic carbocycles. The summed E-state index contributed by atoms with van der Waals surface area (Å²) in [7, 11) is -3.90. The topological polar surface area (TPSA) is 189 Å². The Morgan fingerprint density at radius 2 is 1.96 bits per heavy atom. The van der Waals surface area contributed by atoms with Crippen LogP contribution in [0, 0.1) is 11.8 Å². The number of hydrogen-bond donors (Lipinski definition) is 4. The Morgan fingerprint density at radius 3 is 2.66 bits per heavy atom. The van der Waals surface area contributed by atoms with Gasteiger partial charge in [-0.25, -0.2) is 13.2 Å². The van der Waals surface area contributed by atoms with E-state index < -0.39 is 86.7 Å². The second-order valence-electron chi connectivity index (χ2n) is 14.2. The Morgan fingerprint density at radius 1 is 1.18 bits per heavy atom. The van der Waals surface area contributed by atoms with Crippen molar-refractivity contribution >= 4 is 45.9 Å². The van der Waals surface area contributed by atoms with Gasteiger partial charge in [0.15, 0.2) is 0 Å². The number of benzene rings is 1. The molecular formula is C35H45N5O9S. The fourth-order valence-corrected chi connectivity index (χ4v) is 8.34. The fourth-order valence-electron chi connectivity index (χ4n) is 6.98. The van der Waals surface area contributed by atoms with Crippen LogP contribution in [-0.4, -0.2) is 91.3 Å².